The minimum Gasteiger partial charge on any atom is -0.494 e. The molecule has 0 radical (unpaired) electrons. The molecule has 28 heavy (non-hydrogen) atoms. The van der Waals surface area contributed by atoms with Crippen molar-refractivity contribution < 1.29 is 17.9 Å². The smallest absolute Gasteiger partial charge is 0.166 e. The van der Waals surface area contributed by atoms with Gasteiger partial charge >= 0.3 is 0 Å². The Labute approximate surface area is 166 Å². The zero-order valence-corrected chi connectivity index (χ0v) is 16.9. The van der Waals surface area contributed by atoms with Gasteiger partial charge in [0, 0.05) is 17.2 Å². The summed E-state index contributed by atoms with van der Waals surface area (Å²) >= 11 is 0. The third-order valence-corrected chi connectivity index (χ3v) is 4.54. The van der Waals surface area contributed by atoms with Crippen molar-refractivity contribution in [3.8, 4) is 0 Å². The predicted molar refractivity (Wildman–Crippen MR) is 112 cm³/mol. The molecule has 4 heteroatoms. The fraction of sp³-hybridized carbons (Fsp3) is 0.333. The molecule has 152 valence electrons. The van der Waals surface area contributed by atoms with Crippen LogP contribution in [0.5, 0.6) is 0 Å². The van der Waals surface area contributed by atoms with Crippen LogP contribution in [0.25, 0.3) is 12.2 Å². The summed E-state index contributed by atoms with van der Waals surface area (Å²) in [6.45, 7) is 17.0. The Balaban J connectivity index is 2.64. The lowest BCUT2D eigenvalue weighted by molar-refractivity contribution is 0.243. The highest BCUT2D eigenvalue weighted by Crippen LogP contribution is 2.26. The zero-order chi connectivity index (χ0) is 21.3. The molecule has 2 unspecified atom stereocenters. The van der Waals surface area contributed by atoms with E-state index in [2.05, 4.69) is 19.7 Å². The molecule has 0 saturated heterocycles. The second-order valence-corrected chi connectivity index (χ2v) is 6.81. The van der Waals surface area contributed by atoms with Gasteiger partial charge in [-0.15, -0.1) is 0 Å². The Morgan fingerprint density at radius 1 is 1.11 bits per heavy atom. The number of ether oxygens (including phenoxy) is 1. The third-order valence-electron chi connectivity index (χ3n) is 4.54. The highest BCUT2D eigenvalue weighted by Gasteiger charge is 2.14. The Bertz CT molecular complexity index is 774. The van der Waals surface area contributed by atoms with Crippen LogP contribution in [0.1, 0.15) is 44.7 Å². The van der Waals surface area contributed by atoms with E-state index < -0.39 is 17.5 Å². The summed E-state index contributed by atoms with van der Waals surface area (Å²) in [6.07, 6.45) is 7.38. The zero-order valence-electron chi connectivity index (χ0n) is 16.9. The molecule has 0 spiro atoms. The van der Waals surface area contributed by atoms with Crippen molar-refractivity contribution >= 4 is 12.2 Å². The second kappa shape index (κ2) is 11.4. The van der Waals surface area contributed by atoms with Crippen molar-refractivity contribution in [1.82, 2.24) is 0 Å². The summed E-state index contributed by atoms with van der Waals surface area (Å²) in [5.74, 6) is -1.91. The molecule has 1 rings (SSSR count). The quantitative estimate of drug-likeness (QED) is 0.279. The van der Waals surface area contributed by atoms with E-state index >= 15 is 0 Å². The highest BCUT2D eigenvalue weighted by atomic mass is 19.2. The van der Waals surface area contributed by atoms with E-state index in [1.807, 2.05) is 19.9 Å². The summed E-state index contributed by atoms with van der Waals surface area (Å²) in [7, 11) is 0. The highest BCUT2D eigenvalue weighted by molar-refractivity contribution is 5.56. The molecule has 0 aliphatic carbocycles. The molecule has 0 bridgehead atoms. The maximum absolute atomic E-state index is 14.2. The molecule has 1 aromatic carbocycles. The van der Waals surface area contributed by atoms with E-state index in [-0.39, 0.29) is 28.7 Å². The van der Waals surface area contributed by atoms with Crippen molar-refractivity contribution in [2.75, 3.05) is 6.61 Å². The number of benzene rings is 1. The van der Waals surface area contributed by atoms with Gasteiger partial charge in [-0.3, -0.25) is 0 Å². The van der Waals surface area contributed by atoms with Crippen molar-refractivity contribution in [1.29, 1.82) is 0 Å². The lowest BCUT2D eigenvalue weighted by Gasteiger charge is -2.15. The van der Waals surface area contributed by atoms with Gasteiger partial charge in [-0.05, 0) is 37.2 Å². The average molecular weight is 390 g/mol. The van der Waals surface area contributed by atoms with Crippen LogP contribution in [0.15, 0.2) is 61.2 Å². The summed E-state index contributed by atoms with van der Waals surface area (Å²) < 4.78 is 47.1. The summed E-state index contributed by atoms with van der Waals surface area (Å²) in [6, 6.07) is 3.02. The standard InChI is InChI=1S/C24H29F3O/c1-7-20-13-14-21(24(27)23(20)26)12-10-16(3)9-11-17(4)19(6)22(25)15-18(5)28-8-2/h7,10,12-17H,1,5-6,8-9,11H2,2-4H3/b12-10+,22-15+. The van der Waals surface area contributed by atoms with Gasteiger partial charge in [-0.25, -0.2) is 13.2 Å². The van der Waals surface area contributed by atoms with E-state index in [9.17, 15) is 13.2 Å². The third kappa shape index (κ3) is 6.91. The summed E-state index contributed by atoms with van der Waals surface area (Å²) in [5.41, 5.74) is 0.720. The molecule has 1 nitrogen and oxygen atoms in total. The van der Waals surface area contributed by atoms with Crippen LogP contribution in [0.3, 0.4) is 0 Å². The van der Waals surface area contributed by atoms with Crippen LogP contribution in [0, 0.1) is 23.5 Å². The van der Waals surface area contributed by atoms with E-state index in [1.54, 1.807) is 13.0 Å². The Kier molecular flexibility index (Phi) is 9.57. The van der Waals surface area contributed by atoms with Crippen LogP contribution in [-0.4, -0.2) is 6.61 Å². The van der Waals surface area contributed by atoms with Gasteiger partial charge in [0.05, 0.1) is 6.61 Å². The van der Waals surface area contributed by atoms with E-state index in [1.165, 1.54) is 24.3 Å². The first-order chi connectivity index (χ1) is 13.2. The van der Waals surface area contributed by atoms with Crippen LogP contribution in [0.4, 0.5) is 13.2 Å². The molecule has 0 heterocycles. The molecule has 2 atom stereocenters. The Morgan fingerprint density at radius 2 is 1.71 bits per heavy atom. The number of rotatable bonds is 11. The van der Waals surface area contributed by atoms with Gasteiger partial charge in [0.15, 0.2) is 11.6 Å². The summed E-state index contributed by atoms with van der Waals surface area (Å²) in [5, 5.41) is 0. The minimum atomic E-state index is -0.898. The topological polar surface area (TPSA) is 9.23 Å². The molecule has 0 aliphatic heterocycles. The normalized spacial score (nSPS) is 14.0. The van der Waals surface area contributed by atoms with Crippen LogP contribution >= 0.6 is 0 Å². The molecule has 0 aliphatic rings. The SMILES string of the molecule is C=Cc1ccc(/C=C/C(C)CCC(C)C(=C)/C(F)=C\C(=C)OCC)c(F)c1F. The largest absolute Gasteiger partial charge is 0.494 e. The Hall–Kier alpha value is -2.49. The maximum Gasteiger partial charge on any atom is 0.166 e. The average Bonchev–Trinajstić information content (AvgIpc) is 2.66. The van der Waals surface area contributed by atoms with Crippen LogP contribution in [0.2, 0.25) is 0 Å². The minimum absolute atomic E-state index is 0.0671. The van der Waals surface area contributed by atoms with Crippen molar-refractivity contribution in [2.45, 2.75) is 33.6 Å². The molecule has 0 N–H and O–H groups in total. The van der Waals surface area contributed by atoms with Gasteiger partial charge in [0.25, 0.3) is 0 Å². The first-order valence-corrected chi connectivity index (χ1v) is 9.37. The van der Waals surface area contributed by atoms with Crippen molar-refractivity contribution in [3.05, 3.63) is 83.9 Å². The van der Waals surface area contributed by atoms with Gasteiger partial charge < -0.3 is 4.74 Å². The maximum atomic E-state index is 14.2. The summed E-state index contributed by atoms with van der Waals surface area (Å²) in [4.78, 5) is 0. The first-order valence-electron chi connectivity index (χ1n) is 9.37. The molecule has 0 fully saturated rings. The molecule has 0 aromatic heterocycles. The molecule has 0 amide bonds. The lowest BCUT2D eigenvalue weighted by atomic mass is 9.91. The van der Waals surface area contributed by atoms with Gasteiger partial charge in [-0.2, -0.15) is 0 Å². The molecular weight excluding hydrogens is 361 g/mol. The number of hydrogen-bond acceptors (Lipinski definition) is 1. The monoisotopic (exact) mass is 390 g/mol. The Morgan fingerprint density at radius 3 is 2.32 bits per heavy atom. The number of halogens is 3. The van der Waals surface area contributed by atoms with Crippen LogP contribution in [-0.2, 0) is 4.74 Å². The predicted octanol–water partition coefficient (Wildman–Crippen LogP) is 7.63. The van der Waals surface area contributed by atoms with E-state index in [4.69, 9.17) is 4.74 Å². The molecule has 1 aromatic rings. The van der Waals surface area contributed by atoms with Gasteiger partial charge in [0.1, 0.15) is 11.6 Å². The van der Waals surface area contributed by atoms with E-state index in [0.717, 1.165) is 6.42 Å². The fourth-order valence-corrected chi connectivity index (χ4v) is 2.61. The van der Waals surface area contributed by atoms with Crippen molar-refractivity contribution in [2.24, 2.45) is 11.8 Å². The van der Waals surface area contributed by atoms with Crippen molar-refractivity contribution in [3.63, 3.8) is 0 Å². The number of hydrogen-bond donors (Lipinski definition) is 0. The molecular formula is C24H29F3O. The lowest BCUT2D eigenvalue weighted by Crippen LogP contribution is -2.03. The first kappa shape index (κ1) is 23.5. The van der Waals surface area contributed by atoms with Gasteiger partial charge in [-0.1, -0.05) is 63.9 Å². The van der Waals surface area contributed by atoms with Gasteiger partial charge in [0.2, 0.25) is 0 Å². The van der Waals surface area contributed by atoms with Crippen LogP contribution < -0.4 is 0 Å². The second-order valence-electron chi connectivity index (χ2n) is 6.81. The fourth-order valence-electron chi connectivity index (χ4n) is 2.61. The molecule has 0 saturated carbocycles. The van der Waals surface area contributed by atoms with E-state index in [0.29, 0.717) is 18.6 Å². The number of allylic oxidation sites excluding steroid dienone is 4.